The van der Waals surface area contributed by atoms with Crippen molar-refractivity contribution in [1.29, 1.82) is 0 Å². The second-order valence-corrected chi connectivity index (χ2v) is 6.63. The molecule has 2 aliphatic rings. The normalized spacial score (nSPS) is 22.4. The Labute approximate surface area is 149 Å². The van der Waals surface area contributed by atoms with Crippen molar-refractivity contribution < 1.29 is 9.13 Å². The number of aliphatic imine (C=N–C) groups is 1. The molecule has 1 aromatic rings. The fourth-order valence-corrected chi connectivity index (χ4v) is 3.41. The smallest absolute Gasteiger partial charge is 0.193 e. The summed E-state index contributed by atoms with van der Waals surface area (Å²) in [6.07, 6.45) is 5.56. The SMILES string of the molecule is CN=C(NCC(C)Oc1cccc(F)c1)N1CCC(N2CC=CC2)C1. The molecule has 0 saturated carbocycles. The maximum Gasteiger partial charge on any atom is 0.193 e. The van der Waals surface area contributed by atoms with E-state index in [9.17, 15) is 4.39 Å². The Morgan fingerprint density at radius 1 is 1.40 bits per heavy atom. The second-order valence-electron chi connectivity index (χ2n) is 6.63. The lowest BCUT2D eigenvalue weighted by Gasteiger charge is -2.26. The highest BCUT2D eigenvalue weighted by atomic mass is 19.1. The molecule has 1 N–H and O–H groups in total. The van der Waals surface area contributed by atoms with Crippen LogP contribution in [0.5, 0.6) is 5.75 Å². The lowest BCUT2D eigenvalue weighted by atomic mass is 10.2. The number of likely N-dealkylation sites (tertiary alicyclic amines) is 1. The minimum atomic E-state index is -0.284. The van der Waals surface area contributed by atoms with Crippen LogP contribution in [-0.2, 0) is 0 Å². The lowest BCUT2D eigenvalue weighted by Crippen LogP contribution is -2.45. The number of hydrogen-bond acceptors (Lipinski definition) is 3. The van der Waals surface area contributed by atoms with Crippen LogP contribution in [0, 0.1) is 5.82 Å². The summed E-state index contributed by atoms with van der Waals surface area (Å²) in [4.78, 5) is 9.21. The molecule has 0 amide bonds. The first-order valence-corrected chi connectivity index (χ1v) is 8.92. The number of nitrogens with one attached hydrogen (secondary N) is 1. The van der Waals surface area contributed by atoms with Crippen LogP contribution >= 0.6 is 0 Å². The van der Waals surface area contributed by atoms with E-state index in [1.54, 1.807) is 12.1 Å². The second kappa shape index (κ2) is 8.34. The van der Waals surface area contributed by atoms with Crippen LogP contribution in [0.1, 0.15) is 13.3 Å². The van der Waals surface area contributed by atoms with E-state index in [2.05, 4.69) is 32.3 Å². The minimum absolute atomic E-state index is 0.0836. The highest BCUT2D eigenvalue weighted by molar-refractivity contribution is 5.80. The Balaban J connectivity index is 1.46. The van der Waals surface area contributed by atoms with Crippen molar-refractivity contribution in [3.05, 3.63) is 42.2 Å². The number of ether oxygens (including phenoxy) is 1. The molecule has 3 rings (SSSR count). The zero-order chi connectivity index (χ0) is 17.6. The third kappa shape index (κ3) is 4.72. The number of nitrogens with zero attached hydrogens (tertiary/aromatic N) is 3. The van der Waals surface area contributed by atoms with Gasteiger partial charge in [-0.05, 0) is 25.5 Å². The van der Waals surface area contributed by atoms with Crippen LogP contribution in [0.2, 0.25) is 0 Å². The van der Waals surface area contributed by atoms with E-state index in [0.717, 1.165) is 38.6 Å². The van der Waals surface area contributed by atoms with Gasteiger partial charge in [-0.3, -0.25) is 9.89 Å². The Kier molecular flexibility index (Phi) is 5.91. The summed E-state index contributed by atoms with van der Waals surface area (Å²) in [5.41, 5.74) is 0. The van der Waals surface area contributed by atoms with Gasteiger partial charge in [0.05, 0.1) is 6.54 Å². The Hall–Kier alpha value is -2.08. The molecule has 5 nitrogen and oxygen atoms in total. The van der Waals surface area contributed by atoms with E-state index in [1.807, 2.05) is 14.0 Å². The average molecular weight is 346 g/mol. The van der Waals surface area contributed by atoms with E-state index in [4.69, 9.17) is 4.74 Å². The third-order valence-electron chi connectivity index (χ3n) is 4.72. The molecule has 0 bridgehead atoms. The Morgan fingerprint density at radius 3 is 2.92 bits per heavy atom. The largest absolute Gasteiger partial charge is 0.489 e. The molecule has 1 aromatic carbocycles. The molecule has 136 valence electrons. The van der Waals surface area contributed by atoms with Crippen molar-refractivity contribution in [2.75, 3.05) is 39.8 Å². The van der Waals surface area contributed by atoms with Crippen LogP contribution in [0.15, 0.2) is 41.4 Å². The van der Waals surface area contributed by atoms with Gasteiger partial charge in [-0.2, -0.15) is 0 Å². The maximum atomic E-state index is 13.2. The summed E-state index contributed by atoms with van der Waals surface area (Å²) in [7, 11) is 1.81. The van der Waals surface area contributed by atoms with Gasteiger partial charge in [0.2, 0.25) is 0 Å². The maximum absolute atomic E-state index is 13.2. The molecule has 0 aliphatic carbocycles. The van der Waals surface area contributed by atoms with Crippen molar-refractivity contribution in [2.45, 2.75) is 25.5 Å². The first kappa shape index (κ1) is 17.7. The first-order valence-electron chi connectivity index (χ1n) is 8.92. The van der Waals surface area contributed by atoms with Gasteiger partial charge in [0.25, 0.3) is 0 Å². The summed E-state index contributed by atoms with van der Waals surface area (Å²) in [6, 6.07) is 6.83. The molecule has 2 atom stereocenters. The topological polar surface area (TPSA) is 40.1 Å². The van der Waals surface area contributed by atoms with Gasteiger partial charge < -0.3 is 15.0 Å². The molecule has 6 heteroatoms. The quantitative estimate of drug-likeness (QED) is 0.504. The van der Waals surface area contributed by atoms with Crippen molar-refractivity contribution >= 4 is 5.96 Å². The number of halogens is 1. The van der Waals surface area contributed by atoms with Crippen molar-refractivity contribution in [3.8, 4) is 5.75 Å². The molecule has 2 heterocycles. The molecule has 2 unspecified atom stereocenters. The monoisotopic (exact) mass is 346 g/mol. The number of rotatable bonds is 5. The van der Waals surface area contributed by atoms with Crippen LogP contribution in [0.3, 0.4) is 0 Å². The van der Waals surface area contributed by atoms with Gasteiger partial charge in [0, 0.05) is 45.3 Å². The zero-order valence-electron chi connectivity index (χ0n) is 15.0. The Morgan fingerprint density at radius 2 is 2.20 bits per heavy atom. The lowest BCUT2D eigenvalue weighted by molar-refractivity contribution is 0.221. The fraction of sp³-hybridized carbons (Fsp3) is 0.526. The van der Waals surface area contributed by atoms with Gasteiger partial charge in [-0.25, -0.2) is 4.39 Å². The molecule has 1 fully saturated rings. The summed E-state index contributed by atoms with van der Waals surface area (Å²) in [6.45, 7) is 6.72. The summed E-state index contributed by atoms with van der Waals surface area (Å²) >= 11 is 0. The average Bonchev–Trinajstić information content (AvgIpc) is 3.27. The van der Waals surface area contributed by atoms with E-state index in [1.165, 1.54) is 12.1 Å². The molecule has 1 saturated heterocycles. The molecule has 0 spiro atoms. The molecule has 2 aliphatic heterocycles. The third-order valence-corrected chi connectivity index (χ3v) is 4.72. The van der Waals surface area contributed by atoms with Crippen LogP contribution in [0.25, 0.3) is 0 Å². The Bertz CT molecular complexity index is 626. The van der Waals surface area contributed by atoms with E-state index in [0.29, 0.717) is 18.3 Å². The van der Waals surface area contributed by atoms with Crippen LogP contribution in [0.4, 0.5) is 4.39 Å². The van der Waals surface area contributed by atoms with Crippen molar-refractivity contribution in [1.82, 2.24) is 15.1 Å². The number of guanidine groups is 1. The predicted molar refractivity (Wildman–Crippen MR) is 98.5 cm³/mol. The van der Waals surface area contributed by atoms with Gasteiger partial charge in [0.1, 0.15) is 17.7 Å². The number of benzene rings is 1. The van der Waals surface area contributed by atoms with E-state index >= 15 is 0 Å². The number of hydrogen-bond donors (Lipinski definition) is 1. The summed E-state index contributed by atoms with van der Waals surface area (Å²) in [5.74, 6) is 1.17. The van der Waals surface area contributed by atoms with Crippen molar-refractivity contribution in [3.63, 3.8) is 0 Å². The summed E-state index contributed by atoms with van der Waals surface area (Å²) in [5, 5.41) is 3.38. The molecular weight excluding hydrogens is 319 g/mol. The zero-order valence-corrected chi connectivity index (χ0v) is 15.0. The van der Waals surface area contributed by atoms with Crippen LogP contribution in [-0.4, -0.2) is 67.7 Å². The minimum Gasteiger partial charge on any atom is -0.489 e. The molecular formula is C19H27FN4O. The van der Waals surface area contributed by atoms with Gasteiger partial charge in [-0.15, -0.1) is 0 Å². The fourth-order valence-electron chi connectivity index (χ4n) is 3.41. The standard InChI is InChI=1S/C19H27FN4O/c1-15(25-18-7-5-6-16(20)12-18)13-22-19(21-2)24-11-8-17(14-24)23-9-3-4-10-23/h3-7,12,15,17H,8-11,13-14H2,1-2H3,(H,21,22). The molecule has 0 radical (unpaired) electrons. The first-order chi connectivity index (χ1) is 12.2. The van der Waals surface area contributed by atoms with Gasteiger partial charge in [0.15, 0.2) is 5.96 Å². The van der Waals surface area contributed by atoms with Crippen molar-refractivity contribution in [2.24, 2.45) is 4.99 Å². The molecule has 25 heavy (non-hydrogen) atoms. The predicted octanol–water partition coefficient (Wildman–Crippen LogP) is 2.11. The highest BCUT2D eigenvalue weighted by Crippen LogP contribution is 2.18. The summed E-state index contributed by atoms with van der Waals surface area (Å²) < 4.78 is 19.0. The van der Waals surface area contributed by atoms with Gasteiger partial charge in [-0.1, -0.05) is 18.2 Å². The van der Waals surface area contributed by atoms with E-state index in [-0.39, 0.29) is 11.9 Å². The van der Waals surface area contributed by atoms with Gasteiger partial charge >= 0.3 is 0 Å². The highest BCUT2D eigenvalue weighted by Gasteiger charge is 2.29. The van der Waals surface area contributed by atoms with E-state index < -0.39 is 0 Å². The molecule has 0 aromatic heterocycles. The van der Waals surface area contributed by atoms with Crippen LogP contribution < -0.4 is 10.1 Å².